The number of allylic oxidation sites excluding steroid dienone is 5. The van der Waals surface area contributed by atoms with E-state index < -0.39 is 0 Å². The molecule has 1 aliphatic carbocycles. The topological polar surface area (TPSA) is 20.3 Å². The third kappa shape index (κ3) is 3.22. The highest BCUT2D eigenvalue weighted by Gasteiger charge is 2.29. The van der Waals surface area contributed by atoms with Crippen LogP contribution in [0.15, 0.2) is 48.7 Å². The number of carbonyl (C=O) groups is 1. The zero-order valence-electron chi connectivity index (χ0n) is 11.8. The van der Waals surface area contributed by atoms with Crippen LogP contribution in [0, 0.1) is 5.92 Å². The van der Waals surface area contributed by atoms with E-state index in [-0.39, 0.29) is 11.4 Å². The lowest BCUT2D eigenvalue weighted by Gasteiger charge is -2.38. The van der Waals surface area contributed by atoms with Gasteiger partial charge in [-0.05, 0) is 44.4 Å². The zero-order chi connectivity index (χ0) is 13.8. The Kier molecular flexibility index (Phi) is 4.71. The van der Waals surface area contributed by atoms with Crippen molar-refractivity contribution in [2.75, 3.05) is 0 Å². The Morgan fingerprint density at radius 1 is 1.50 bits per heavy atom. The first kappa shape index (κ1) is 14.5. The highest BCUT2D eigenvalue weighted by molar-refractivity contribution is 5.89. The lowest BCUT2D eigenvalue weighted by atomic mass is 9.97. The van der Waals surface area contributed by atoms with Gasteiger partial charge in [-0.2, -0.15) is 0 Å². The molecule has 0 aromatic rings. The molecule has 0 N–H and O–H groups in total. The molecule has 2 heteroatoms. The Morgan fingerprint density at radius 3 is 2.72 bits per heavy atom. The molecular weight excluding hydrogens is 222 g/mol. The molecule has 0 spiro atoms. The Balaban J connectivity index is 3.16. The van der Waals surface area contributed by atoms with Crippen molar-refractivity contribution in [2.45, 2.75) is 39.7 Å². The van der Waals surface area contributed by atoms with Crippen LogP contribution >= 0.6 is 0 Å². The second-order valence-corrected chi connectivity index (χ2v) is 5.24. The summed E-state index contributed by atoms with van der Waals surface area (Å²) in [6.45, 7) is 11.9. The summed E-state index contributed by atoms with van der Waals surface area (Å²) in [5.74, 6) is 0.338. The van der Waals surface area contributed by atoms with Gasteiger partial charge in [0.1, 0.15) is 0 Å². The van der Waals surface area contributed by atoms with E-state index in [0.717, 1.165) is 12.1 Å². The SMILES string of the molecule is C=CC(=O)N(C1=CC=CC(C)C=C1)C(C)(C)CC. The van der Waals surface area contributed by atoms with Crippen molar-refractivity contribution in [2.24, 2.45) is 5.92 Å². The van der Waals surface area contributed by atoms with Crippen LogP contribution in [0.5, 0.6) is 0 Å². The largest absolute Gasteiger partial charge is 0.303 e. The van der Waals surface area contributed by atoms with Crippen LogP contribution in [0.1, 0.15) is 34.1 Å². The molecule has 0 aliphatic heterocycles. The predicted molar refractivity (Wildman–Crippen MR) is 76.9 cm³/mol. The summed E-state index contributed by atoms with van der Waals surface area (Å²) >= 11 is 0. The van der Waals surface area contributed by atoms with Gasteiger partial charge in [-0.1, -0.05) is 38.7 Å². The fraction of sp³-hybridized carbons (Fsp3) is 0.438. The molecule has 1 rings (SSSR count). The van der Waals surface area contributed by atoms with Gasteiger partial charge in [0.15, 0.2) is 0 Å². The smallest absolute Gasteiger partial charge is 0.250 e. The fourth-order valence-electron chi connectivity index (χ4n) is 1.87. The van der Waals surface area contributed by atoms with E-state index >= 15 is 0 Å². The van der Waals surface area contributed by atoms with E-state index in [1.165, 1.54) is 6.08 Å². The molecule has 0 saturated carbocycles. The van der Waals surface area contributed by atoms with Crippen LogP contribution in [0.4, 0.5) is 0 Å². The summed E-state index contributed by atoms with van der Waals surface area (Å²) in [6.07, 6.45) is 12.5. The first-order valence-electron chi connectivity index (χ1n) is 6.45. The Morgan fingerprint density at radius 2 is 2.17 bits per heavy atom. The van der Waals surface area contributed by atoms with Crippen molar-refractivity contribution in [3.8, 4) is 0 Å². The van der Waals surface area contributed by atoms with E-state index in [1.807, 2.05) is 23.1 Å². The lowest BCUT2D eigenvalue weighted by Crippen LogP contribution is -2.45. The molecule has 0 aromatic carbocycles. The van der Waals surface area contributed by atoms with Gasteiger partial charge in [-0.25, -0.2) is 0 Å². The molecule has 1 atom stereocenters. The molecule has 18 heavy (non-hydrogen) atoms. The summed E-state index contributed by atoms with van der Waals surface area (Å²) in [7, 11) is 0. The Hall–Kier alpha value is -1.57. The van der Waals surface area contributed by atoms with Crippen molar-refractivity contribution in [1.29, 1.82) is 0 Å². The van der Waals surface area contributed by atoms with Crippen molar-refractivity contribution in [1.82, 2.24) is 4.90 Å². The molecule has 0 fully saturated rings. The minimum absolute atomic E-state index is 0.0549. The van der Waals surface area contributed by atoms with Crippen molar-refractivity contribution < 1.29 is 4.79 Å². The summed E-state index contributed by atoms with van der Waals surface area (Å²) in [4.78, 5) is 13.9. The minimum atomic E-state index is -0.219. The maximum absolute atomic E-state index is 12.1. The van der Waals surface area contributed by atoms with Gasteiger partial charge in [0.2, 0.25) is 0 Å². The number of hydrogen-bond acceptors (Lipinski definition) is 1. The van der Waals surface area contributed by atoms with Crippen LogP contribution in [0.2, 0.25) is 0 Å². The minimum Gasteiger partial charge on any atom is -0.303 e. The Labute approximate surface area is 110 Å². The van der Waals surface area contributed by atoms with Crippen molar-refractivity contribution in [3.05, 3.63) is 48.7 Å². The maximum atomic E-state index is 12.1. The zero-order valence-corrected chi connectivity index (χ0v) is 11.8. The molecule has 0 bridgehead atoms. The van der Waals surface area contributed by atoms with Gasteiger partial charge in [0.25, 0.3) is 5.91 Å². The quantitative estimate of drug-likeness (QED) is 0.689. The van der Waals surface area contributed by atoms with E-state index in [0.29, 0.717) is 5.92 Å². The van der Waals surface area contributed by atoms with Crippen molar-refractivity contribution >= 4 is 5.91 Å². The lowest BCUT2D eigenvalue weighted by molar-refractivity contribution is -0.128. The molecular formula is C16H23NO. The number of amides is 1. The maximum Gasteiger partial charge on any atom is 0.250 e. The van der Waals surface area contributed by atoms with E-state index in [1.54, 1.807) is 0 Å². The van der Waals surface area contributed by atoms with Gasteiger partial charge in [-0.15, -0.1) is 0 Å². The van der Waals surface area contributed by atoms with Gasteiger partial charge in [-0.3, -0.25) is 4.79 Å². The number of rotatable bonds is 4. The molecule has 1 amide bonds. The highest BCUT2D eigenvalue weighted by atomic mass is 16.2. The van der Waals surface area contributed by atoms with Crippen LogP contribution in [0.3, 0.4) is 0 Å². The van der Waals surface area contributed by atoms with Crippen LogP contribution in [-0.4, -0.2) is 16.3 Å². The predicted octanol–water partition coefficient (Wildman–Crippen LogP) is 3.84. The first-order valence-corrected chi connectivity index (χ1v) is 6.45. The molecule has 2 nitrogen and oxygen atoms in total. The molecule has 1 unspecified atom stereocenters. The third-order valence-electron chi connectivity index (χ3n) is 3.38. The summed E-state index contributed by atoms with van der Waals surface area (Å²) in [5.41, 5.74) is 0.704. The normalized spacial score (nSPS) is 19.1. The molecule has 1 aliphatic rings. The van der Waals surface area contributed by atoms with E-state index in [9.17, 15) is 4.79 Å². The number of hydrogen-bond donors (Lipinski definition) is 0. The third-order valence-corrected chi connectivity index (χ3v) is 3.38. The molecule has 0 aromatic heterocycles. The standard InChI is InChI=1S/C16H23NO/c1-6-15(18)17(16(4,5)7-2)14-10-8-9-13(3)11-12-14/h6,8-13H,1,7H2,2-5H3. The molecule has 0 heterocycles. The summed E-state index contributed by atoms with van der Waals surface area (Å²) in [5, 5.41) is 0. The van der Waals surface area contributed by atoms with Crippen LogP contribution in [-0.2, 0) is 4.79 Å². The number of carbonyl (C=O) groups excluding carboxylic acids is 1. The average Bonchev–Trinajstić information content (AvgIpc) is 2.54. The van der Waals surface area contributed by atoms with E-state index in [2.05, 4.69) is 46.4 Å². The van der Waals surface area contributed by atoms with Gasteiger partial charge < -0.3 is 4.90 Å². The van der Waals surface area contributed by atoms with Crippen LogP contribution < -0.4 is 0 Å². The van der Waals surface area contributed by atoms with Gasteiger partial charge in [0, 0.05) is 11.2 Å². The Bertz CT molecular complexity index is 413. The second kappa shape index (κ2) is 5.85. The van der Waals surface area contributed by atoms with Crippen LogP contribution in [0.25, 0.3) is 0 Å². The van der Waals surface area contributed by atoms with E-state index in [4.69, 9.17) is 0 Å². The first-order chi connectivity index (χ1) is 8.42. The molecule has 0 saturated heterocycles. The number of nitrogens with zero attached hydrogens (tertiary/aromatic N) is 1. The molecule has 98 valence electrons. The van der Waals surface area contributed by atoms with Gasteiger partial charge >= 0.3 is 0 Å². The highest BCUT2D eigenvalue weighted by Crippen LogP contribution is 2.26. The van der Waals surface area contributed by atoms with Gasteiger partial charge in [0.05, 0.1) is 0 Å². The summed E-state index contributed by atoms with van der Waals surface area (Å²) < 4.78 is 0. The fourth-order valence-corrected chi connectivity index (χ4v) is 1.87. The monoisotopic (exact) mass is 245 g/mol. The second-order valence-electron chi connectivity index (χ2n) is 5.24. The van der Waals surface area contributed by atoms with Crippen molar-refractivity contribution in [3.63, 3.8) is 0 Å². The molecule has 0 radical (unpaired) electrons. The summed E-state index contributed by atoms with van der Waals surface area (Å²) in [6, 6.07) is 0. The average molecular weight is 245 g/mol.